The third kappa shape index (κ3) is 5.18. The van der Waals surface area contributed by atoms with Gasteiger partial charge in [0.15, 0.2) is 0 Å². The summed E-state index contributed by atoms with van der Waals surface area (Å²) in [6.07, 6.45) is 13.7. The van der Waals surface area contributed by atoms with Gasteiger partial charge in [-0.3, -0.25) is 14.3 Å². The van der Waals surface area contributed by atoms with Crippen LogP contribution >= 0.6 is 0 Å². The van der Waals surface area contributed by atoms with Gasteiger partial charge in [-0.2, -0.15) is 10.2 Å². The van der Waals surface area contributed by atoms with E-state index in [1.807, 2.05) is 32.4 Å². The van der Waals surface area contributed by atoms with Crippen molar-refractivity contribution in [2.24, 2.45) is 0 Å². The van der Waals surface area contributed by atoms with Crippen LogP contribution in [0.5, 0.6) is 5.88 Å². The molecule has 0 aliphatic heterocycles. The van der Waals surface area contributed by atoms with Gasteiger partial charge in [0.2, 0.25) is 5.88 Å². The number of nitrogens with zero attached hydrogens (tertiary/aromatic N) is 7. The minimum absolute atomic E-state index is 0.0375. The van der Waals surface area contributed by atoms with Crippen molar-refractivity contribution < 1.29 is 13.2 Å². The summed E-state index contributed by atoms with van der Waals surface area (Å²) < 4.78 is 33.0. The lowest BCUT2D eigenvalue weighted by Crippen LogP contribution is -2.26. The Morgan fingerprint density at radius 3 is 2.61 bits per heavy atom. The van der Waals surface area contributed by atoms with Crippen molar-refractivity contribution in [3.63, 3.8) is 0 Å². The average molecular weight is 511 g/mol. The van der Waals surface area contributed by atoms with Gasteiger partial charge in [-0.05, 0) is 32.6 Å². The van der Waals surface area contributed by atoms with Gasteiger partial charge in [0.25, 0.3) is 0 Å². The average Bonchev–Trinajstić information content (AvgIpc) is 3.48. The van der Waals surface area contributed by atoms with Crippen molar-refractivity contribution in [3.8, 4) is 17.1 Å². The third-order valence-corrected chi connectivity index (χ3v) is 7.47. The van der Waals surface area contributed by atoms with Gasteiger partial charge >= 0.3 is 0 Å². The zero-order chi connectivity index (χ0) is 25.3. The van der Waals surface area contributed by atoms with E-state index < -0.39 is 9.84 Å². The Bertz CT molecular complexity index is 1470. The van der Waals surface area contributed by atoms with Crippen LogP contribution in [-0.2, 0) is 16.4 Å². The Kier molecular flexibility index (Phi) is 6.61. The van der Waals surface area contributed by atoms with Crippen LogP contribution in [0.3, 0.4) is 0 Å². The van der Waals surface area contributed by atoms with Gasteiger partial charge in [0, 0.05) is 55.1 Å². The van der Waals surface area contributed by atoms with Gasteiger partial charge in [-0.15, -0.1) is 0 Å². The van der Waals surface area contributed by atoms with E-state index in [1.54, 1.807) is 23.3 Å². The molecule has 1 N–H and O–H groups in total. The number of ether oxygens (including phenoxy) is 1. The standard InChI is InChI=1S/C24H30N8O3S/c1-16-24(27-9-8-26-16)35-19-6-4-18(5-7-19)32-21-12-22(25-2)28-14-20(21)23(30-32)17-13-29-31(15-17)10-11-36(3,33)34/h8-9,12-15,18-19H,4-7,10-11H2,1-3H3,(H,25,28). The molecule has 12 heteroatoms. The summed E-state index contributed by atoms with van der Waals surface area (Å²) in [6.45, 7) is 2.21. The topological polar surface area (TPSA) is 130 Å². The summed E-state index contributed by atoms with van der Waals surface area (Å²) >= 11 is 0. The van der Waals surface area contributed by atoms with Gasteiger partial charge in [-0.25, -0.2) is 18.4 Å². The Morgan fingerprint density at radius 2 is 1.89 bits per heavy atom. The highest BCUT2D eigenvalue weighted by atomic mass is 32.2. The zero-order valence-corrected chi connectivity index (χ0v) is 21.4. The van der Waals surface area contributed by atoms with Crippen molar-refractivity contribution >= 4 is 26.6 Å². The number of hydrogen-bond donors (Lipinski definition) is 1. The molecule has 0 unspecified atom stereocenters. The number of aromatic nitrogens is 7. The van der Waals surface area contributed by atoms with E-state index in [2.05, 4.69) is 30.0 Å². The summed E-state index contributed by atoms with van der Waals surface area (Å²) in [4.78, 5) is 13.1. The Hall–Kier alpha value is -3.54. The molecule has 0 radical (unpaired) electrons. The molecule has 0 spiro atoms. The van der Waals surface area contributed by atoms with E-state index in [9.17, 15) is 8.42 Å². The number of rotatable bonds is 8. The van der Waals surface area contributed by atoms with Gasteiger partial charge in [0.1, 0.15) is 27.5 Å². The zero-order valence-electron chi connectivity index (χ0n) is 20.6. The molecule has 0 atom stereocenters. The fourth-order valence-electron chi connectivity index (χ4n) is 4.60. The van der Waals surface area contributed by atoms with Crippen molar-refractivity contribution in [2.75, 3.05) is 24.4 Å². The smallest absolute Gasteiger partial charge is 0.235 e. The molecule has 5 rings (SSSR count). The molecule has 1 saturated carbocycles. The molecule has 190 valence electrons. The number of pyridine rings is 1. The fraction of sp³-hybridized carbons (Fsp3) is 0.458. The molecule has 4 aromatic rings. The maximum atomic E-state index is 11.6. The summed E-state index contributed by atoms with van der Waals surface area (Å²) in [5.41, 5.74) is 3.43. The summed E-state index contributed by atoms with van der Waals surface area (Å²) in [5.74, 6) is 1.41. The normalized spacial score (nSPS) is 18.4. The predicted octanol–water partition coefficient (Wildman–Crippen LogP) is 3.04. The van der Waals surface area contributed by atoms with Crippen LogP contribution < -0.4 is 10.1 Å². The fourth-order valence-corrected chi connectivity index (χ4v) is 5.12. The number of sulfone groups is 1. The molecule has 1 aliphatic carbocycles. The van der Waals surface area contributed by atoms with Crippen LogP contribution in [0.25, 0.3) is 22.2 Å². The summed E-state index contributed by atoms with van der Waals surface area (Å²) in [6, 6.07) is 2.24. The molecular weight excluding hydrogens is 480 g/mol. The Balaban J connectivity index is 1.39. The Labute approximate surface area is 209 Å². The molecule has 0 amide bonds. The first-order valence-electron chi connectivity index (χ1n) is 12.0. The highest BCUT2D eigenvalue weighted by Gasteiger charge is 2.27. The predicted molar refractivity (Wildman–Crippen MR) is 137 cm³/mol. The molecule has 1 fully saturated rings. The number of anilines is 1. The van der Waals surface area contributed by atoms with Crippen LogP contribution in [0.1, 0.15) is 37.4 Å². The second-order valence-corrected chi connectivity index (χ2v) is 11.5. The van der Waals surface area contributed by atoms with Crippen molar-refractivity contribution in [2.45, 2.75) is 51.3 Å². The van der Waals surface area contributed by atoms with Crippen molar-refractivity contribution in [1.82, 2.24) is 34.5 Å². The summed E-state index contributed by atoms with van der Waals surface area (Å²) in [5, 5.41) is 13.4. The lowest BCUT2D eigenvalue weighted by atomic mass is 9.93. The SMILES string of the molecule is CNc1cc2c(cn1)c(-c1cnn(CCS(C)(=O)=O)c1)nn2C1CCC(Oc2nccnc2C)CC1. The van der Waals surface area contributed by atoms with Gasteiger partial charge in [0.05, 0.1) is 35.7 Å². The molecule has 4 aromatic heterocycles. The minimum Gasteiger partial charge on any atom is -0.473 e. The van der Waals surface area contributed by atoms with Gasteiger partial charge < -0.3 is 10.1 Å². The van der Waals surface area contributed by atoms with E-state index in [0.29, 0.717) is 12.4 Å². The monoisotopic (exact) mass is 510 g/mol. The van der Waals surface area contributed by atoms with Gasteiger partial charge in [-0.1, -0.05) is 0 Å². The maximum absolute atomic E-state index is 11.6. The van der Waals surface area contributed by atoms with E-state index in [1.165, 1.54) is 6.26 Å². The first kappa shape index (κ1) is 24.2. The van der Waals surface area contributed by atoms with E-state index >= 15 is 0 Å². The minimum atomic E-state index is -3.07. The second kappa shape index (κ2) is 9.84. The number of hydrogen-bond acceptors (Lipinski definition) is 9. The lowest BCUT2D eigenvalue weighted by Gasteiger charge is -2.29. The molecule has 36 heavy (non-hydrogen) atoms. The van der Waals surface area contributed by atoms with Crippen LogP contribution in [0, 0.1) is 6.92 Å². The summed E-state index contributed by atoms with van der Waals surface area (Å²) in [7, 11) is -1.23. The van der Waals surface area contributed by atoms with Crippen LogP contribution in [0.2, 0.25) is 0 Å². The molecule has 11 nitrogen and oxygen atoms in total. The maximum Gasteiger partial charge on any atom is 0.235 e. The van der Waals surface area contributed by atoms with Crippen LogP contribution in [0.15, 0.2) is 37.1 Å². The number of fused-ring (bicyclic) bond motifs is 1. The first-order valence-corrected chi connectivity index (χ1v) is 14.1. The number of aryl methyl sites for hydroxylation is 2. The molecule has 4 heterocycles. The van der Waals surface area contributed by atoms with Crippen molar-refractivity contribution in [1.29, 1.82) is 0 Å². The molecule has 0 bridgehead atoms. The molecule has 1 aliphatic rings. The lowest BCUT2D eigenvalue weighted by molar-refractivity contribution is 0.124. The highest BCUT2D eigenvalue weighted by Crippen LogP contribution is 2.36. The van der Waals surface area contributed by atoms with E-state index in [4.69, 9.17) is 9.84 Å². The van der Waals surface area contributed by atoms with Crippen LogP contribution in [-0.4, -0.2) is 68.1 Å². The largest absolute Gasteiger partial charge is 0.473 e. The molecular formula is C24H30N8O3S. The number of nitrogens with one attached hydrogen (secondary N) is 1. The first-order chi connectivity index (χ1) is 17.3. The van der Waals surface area contributed by atoms with E-state index in [0.717, 1.165) is 59.4 Å². The highest BCUT2D eigenvalue weighted by molar-refractivity contribution is 7.90. The molecule has 0 aromatic carbocycles. The van der Waals surface area contributed by atoms with E-state index in [-0.39, 0.29) is 17.9 Å². The quantitative estimate of drug-likeness (QED) is 0.380. The Morgan fingerprint density at radius 1 is 1.11 bits per heavy atom. The van der Waals surface area contributed by atoms with Crippen molar-refractivity contribution in [3.05, 3.63) is 42.7 Å². The van der Waals surface area contributed by atoms with Crippen LogP contribution in [0.4, 0.5) is 5.82 Å². The second-order valence-electron chi connectivity index (χ2n) is 9.25. The molecule has 0 saturated heterocycles. The third-order valence-electron chi connectivity index (χ3n) is 6.55.